The third-order valence-electron chi connectivity index (χ3n) is 3.94. The maximum absolute atomic E-state index is 12.0. The normalized spacial score (nSPS) is 13.5. The number of imide groups is 1. The van der Waals surface area contributed by atoms with Gasteiger partial charge in [0.25, 0.3) is 5.91 Å². The molecule has 3 N–H and O–H groups in total. The molecular weight excluding hydrogens is 292 g/mol. The summed E-state index contributed by atoms with van der Waals surface area (Å²) in [6.45, 7) is 8.22. The quantitative estimate of drug-likeness (QED) is 0.808. The zero-order valence-electron chi connectivity index (χ0n) is 14.8. The van der Waals surface area contributed by atoms with Crippen LogP contribution in [0.25, 0.3) is 0 Å². The van der Waals surface area contributed by atoms with E-state index in [9.17, 15) is 9.59 Å². The van der Waals surface area contributed by atoms with E-state index in [0.717, 1.165) is 12.8 Å². The molecule has 1 aromatic carbocycles. The Morgan fingerprint density at radius 1 is 1.17 bits per heavy atom. The Bertz CT molecular complexity index is 512. The van der Waals surface area contributed by atoms with E-state index >= 15 is 0 Å². The molecule has 0 saturated carbocycles. The van der Waals surface area contributed by atoms with Crippen LogP contribution in [0, 0.1) is 5.92 Å². The number of hydrogen-bond acceptors (Lipinski definition) is 3. The van der Waals surface area contributed by atoms with E-state index in [2.05, 4.69) is 55.1 Å². The van der Waals surface area contributed by atoms with Gasteiger partial charge in [-0.1, -0.05) is 51.5 Å². The van der Waals surface area contributed by atoms with Crippen LogP contribution in [-0.4, -0.2) is 25.2 Å². The standard InChI is InChI=1S/C18H28N2O3/c1-6-7-14-8-10-15(11-9-14)16(12(2)3)19-13(4)17(21)20-18(22)23-5/h8-13,16,19H,6-7H2,1-5H3,(H,20,21,22)/p+1/t13-,16+/m0/s1. The van der Waals surface area contributed by atoms with Gasteiger partial charge < -0.3 is 10.1 Å². The van der Waals surface area contributed by atoms with Crippen LogP contribution < -0.4 is 10.6 Å². The maximum Gasteiger partial charge on any atom is 0.413 e. The molecule has 2 atom stereocenters. The van der Waals surface area contributed by atoms with Crippen molar-refractivity contribution in [3.05, 3.63) is 35.4 Å². The molecule has 0 fully saturated rings. The molecule has 0 heterocycles. The second-order valence-corrected chi connectivity index (χ2v) is 6.22. The summed E-state index contributed by atoms with van der Waals surface area (Å²) in [6, 6.07) is 8.36. The Kier molecular flexibility index (Phi) is 7.75. The zero-order valence-corrected chi connectivity index (χ0v) is 14.8. The molecule has 0 aliphatic rings. The summed E-state index contributed by atoms with van der Waals surface area (Å²) in [5.74, 6) is 0.0190. The molecule has 23 heavy (non-hydrogen) atoms. The number of methoxy groups -OCH3 is 1. The molecule has 2 amide bonds. The van der Waals surface area contributed by atoms with E-state index < -0.39 is 6.09 Å². The van der Waals surface area contributed by atoms with Crippen LogP contribution in [0.3, 0.4) is 0 Å². The van der Waals surface area contributed by atoms with Crippen LogP contribution >= 0.6 is 0 Å². The first-order chi connectivity index (χ1) is 10.9. The van der Waals surface area contributed by atoms with Crippen molar-refractivity contribution in [1.82, 2.24) is 5.32 Å². The van der Waals surface area contributed by atoms with Gasteiger partial charge in [-0.2, -0.15) is 0 Å². The summed E-state index contributed by atoms with van der Waals surface area (Å²) in [6.07, 6.45) is 1.48. The predicted octanol–water partition coefficient (Wildman–Crippen LogP) is 2.17. The predicted molar refractivity (Wildman–Crippen MR) is 90.0 cm³/mol. The number of amides is 2. The Hall–Kier alpha value is -1.88. The van der Waals surface area contributed by atoms with Gasteiger partial charge in [0.15, 0.2) is 6.04 Å². The lowest BCUT2D eigenvalue weighted by atomic mass is 9.94. The highest BCUT2D eigenvalue weighted by Gasteiger charge is 2.26. The maximum atomic E-state index is 12.0. The van der Waals surface area contributed by atoms with Gasteiger partial charge in [0.1, 0.15) is 6.04 Å². The van der Waals surface area contributed by atoms with Crippen LogP contribution in [0.15, 0.2) is 24.3 Å². The Labute approximate surface area is 138 Å². The number of nitrogens with one attached hydrogen (secondary N) is 1. The number of quaternary nitrogens is 1. The number of alkyl carbamates (subject to hydrolysis) is 1. The van der Waals surface area contributed by atoms with Crippen LogP contribution in [0.5, 0.6) is 0 Å². The highest BCUT2D eigenvalue weighted by atomic mass is 16.5. The Morgan fingerprint density at radius 3 is 2.26 bits per heavy atom. The average molecular weight is 321 g/mol. The summed E-state index contributed by atoms with van der Waals surface area (Å²) in [4.78, 5) is 23.1. The molecule has 5 nitrogen and oxygen atoms in total. The van der Waals surface area contributed by atoms with Crippen LogP contribution in [-0.2, 0) is 16.0 Å². The molecule has 1 rings (SSSR count). The number of carbonyl (C=O) groups is 2. The molecule has 0 bridgehead atoms. The third-order valence-corrected chi connectivity index (χ3v) is 3.94. The number of ether oxygens (including phenoxy) is 1. The number of aryl methyl sites for hydroxylation is 1. The second kappa shape index (κ2) is 9.30. The van der Waals surface area contributed by atoms with Crippen molar-refractivity contribution in [3.8, 4) is 0 Å². The number of rotatable bonds is 7. The highest BCUT2D eigenvalue weighted by Crippen LogP contribution is 2.19. The van der Waals surface area contributed by atoms with Crippen molar-refractivity contribution in [2.24, 2.45) is 5.92 Å². The SMILES string of the molecule is CCCc1ccc([C@H]([NH2+][C@@H](C)C(=O)NC(=O)OC)C(C)C)cc1. The van der Waals surface area contributed by atoms with E-state index in [1.165, 1.54) is 18.2 Å². The summed E-state index contributed by atoms with van der Waals surface area (Å²) in [5, 5.41) is 4.22. The fourth-order valence-corrected chi connectivity index (χ4v) is 2.58. The zero-order chi connectivity index (χ0) is 17.4. The second-order valence-electron chi connectivity index (χ2n) is 6.22. The topological polar surface area (TPSA) is 72.0 Å². The summed E-state index contributed by atoms with van der Waals surface area (Å²) >= 11 is 0. The van der Waals surface area contributed by atoms with Gasteiger partial charge in [-0.25, -0.2) is 4.79 Å². The van der Waals surface area contributed by atoms with E-state index in [-0.39, 0.29) is 18.0 Å². The van der Waals surface area contributed by atoms with Crippen LogP contribution in [0.4, 0.5) is 4.79 Å². The van der Waals surface area contributed by atoms with Gasteiger partial charge in [0.05, 0.1) is 7.11 Å². The van der Waals surface area contributed by atoms with Crippen molar-refractivity contribution >= 4 is 12.0 Å². The minimum atomic E-state index is -0.722. The first-order valence-electron chi connectivity index (χ1n) is 8.21. The van der Waals surface area contributed by atoms with Gasteiger partial charge in [-0.15, -0.1) is 0 Å². The summed E-state index contributed by atoms with van der Waals surface area (Å²) < 4.78 is 4.46. The molecule has 0 aliphatic carbocycles. The molecule has 1 aromatic rings. The molecule has 0 saturated heterocycles. The van der Waals surface area contributed by atoms with Crippen LogP contribution in [0.2, 0.25) is 0 Å². The molecule has 0 spiro atoms. The lowest BCUT2D eigenvalue weighted by Gasteiger charge is -2.23. The number of hydrogen-bond donors (Lipinski definition) is 2. The molecule has 0 unspecified atom stereocenters. The lowest BCUT2D eigenvalue weighted by Crippen LogP contribution is -2.93. The van der Waals surface area contributed by atoms with Gasteiger partial charge in [0, 0.05) is 11.5 Å². The molecule has 128 valence electrons. The number of benzene rings is 1. The van der Waals surface area contributed by atoms with Crippen molar-refractivity contribution < 1.29 is 19.6 Å². The van der Waals surface area contributed by atoms with Crippen LogP contribution in [0.1, 0.15) is 51.3 Å². The van der Waals surface area contributed by atoms with E-state index in [0.29, 0.717) is 5.92 Å². The number of nitrogens with two attached hydrogens (primary N) is 1. The van der Waals surface area contributed by atoms with Crippen molar-refractivity contribution in [1.29, 1.82) is 0 Å². The molecule has 0 aliphatic heterocycles. The monoisotopic (exact) mass is 321 g/mol. The van der Waals surface area contributed by atoms with E-state index in [1.807, 2.05) is 5.32 Å². The van der Waals surface area contributed by atoms with Gasteiger partial charge in [-0.05, 0) is 18.9 Å². The van der Waals surface area contributed by atoms with Gasteiger partial charge in [0.2, 0.25) is 0 Å². The van der Waals surface area contributed by atoms with Crippen molar-refractivity contribution in [2.45, 2.75) is 52.6 Å². The first-order valence-corrected chi connectivity index (χ1v) is 8.21. The van der Waals surface area contributed by atoms with E-state index in [1.54, 1.807) is 6.92 Å². The molecular formula is C18H29N2O3+. The van der Waals surface area contributed by atoms with Gasteiger partial charge >= 0.3 is 6.09 Å². The smallest absolute Gasteiger partial charge is 0.413 e. The average Bonchev–Trinajstić information content (AvgIpc) is 2.53. The Morgan fingerprint density at radius 2 is 1.78 bits per heavy atom. The molecule has 0 aromatic heterocycles. The van der Waals surface area contributed by atoms with Gasteiger partial charge in [-0.3, -0.25) is 10.1 Å². The summed E-state index contributed by atoms with van der Waals surface area (Å²) in [7, 11) is 1.24. The highest BCUT2D eigenvalue weighted by molar-refractivity contribution is 5.93. The van der Waals surface area contributed by atoms with Crippen molar-refractivity contribution in [3.63, 3.8) is 0 Å². The molecule has 5 heteroatoms. The Balaban J connectivity index is 2.78. The lowest BCUT2D eigenvalue weighted by molar-refractivity contribution is -0.719. The third kappa shape index (κ3) is 6.02. The number of carbonyl (C=O) groups excluding carboxylic acids is 2. The van der Waals surface area contributed by atoms with Crippen molar-refractivity contribution in [2.75, 3.05) is 7.11 Å². The summed E-state index contributed by atoms with van der Waals surface area (Å²) in [5.41, 5.74) is 2.52. The van der Waals surface area contributed by atoms with E-state index in [4.69, 9.17) is 0 Å². The minimum absolute atomic E-state index is 0.157. The first kappa shape index (κ1) is 19.2. The largest absolute Gasteiger partial charge is 0.453 e. The fraction of sp³-hybridized carbons (Fsp3) is 0.556. The fourth-order valence-electron chi connectivity index (χ4n) is 2.58. The minimum Gasteiger partial charge on any atom is -0.453 e. The molecule has 0 radical (unpaired) electrons.